The van der Waals surface area contributed by atoms with Crippen LogP contribution in [0, 0.1) is 10.1 Å². The van der Waals surface area contributed by atoms with Gasteiger partial charge in [-0.2, -0.15) is 20.1 Å². The predicted octanol–water partition coefficient (Wildman–Crippen LogP) is 5.08. The smallest absolute Gasteiger partial charge is 0.269 e. The summed E-state index contributed by atoms with van der Waals surface area (Å²) in [6, 6.07) is 14.3. The van der Waals surface area contributed by atoms with E-state index < -0.39 is 4.92 Å². The van der Waals surface area contributed by atoms with Gasteiger partial charge in [-0.15, -0.1) is 0 Å². The van der Waals surface area contributed by atoms with Crippen LogP contribution in [0.4, 0.5) is 29.2 Å². The average molecular weight is 461 g/mol. The summed E-state index contributed by atoms with van der Waals surface area (Å²) in [4.78, 5) is 26.2. The quantitative estimate of drug-likeness (QED) is 0.271. The maximum atomic E-state index is 10.9. The van der Waals surface area contributed by atoms with E-state index in [1.807, 2.05) is 12.1 Å². The normalized spacial score (nSPS) is 13.9. The van der Waals surface area contributed by atoms with E-state index in [0.717, 1.165) is 31.5 Å². The van der Waals surface area contributed by atoms with Gasteiger partial charge in [-0.1, -0.05) is 38.1 Å². The first kappa shape index (κ1) is 23.1. The van der Waals surface area contributed by atoms with Crippen LogP contribution in [-0.2, 0) is 0 Å². The lowest BCUT2D eigenvalue weighted by Gasteiger charge is -2.26. The van der Waals surface area contributed by atoms with Gasteiger partial charge in [-0.3, -0.25) is 10.1 Å². The summed E-state index contributed by atoms with van der Waals surface area (Å²) in [6.45, 7) is 6.08. The summed E-state index contributed by atoms with van der Waals surface area (Å²) in [5.74, 6) is 1.70. The van der Waals surface area contributed by atoms with Crippen LogP contribution in [0.25, 0.3) is 0 Å². The molecule has 0 radical (unpaired) electrons. The van der Waals surface area contributed by atoms with Crippen LogP contribution in [0.1, 0.15) is 50.2 Å². The van der Waals surface area contributed by atoms with Gasteiger partial charge >= 0.3 is 0 Å². The first-order valence-corrected chi connectivity index (χ1v) is 11.4. The lowest BCUT2D eigenvalue weighted by atomic mass is 10.0. The first-order chi connectivity index (χ1) is 16.5. The summed E-state index contributed by atoms with van der Waals surface area (Å²) in [6.07, 6.45) is 5.09. The molecule has 2 heterocycles. The van der Waals surface area contributed by atoms with Crippen LogP contribution in [-0.4, -0.2) is 39.2 Å². The fourth-order valence-corrected chi connectivity index (χ4v) is 3.63. The van der Waals surface area contributed by atoms with E-state index in [-0.39, 0.29) is 5.69 Å². The van der Waals surface area contributed by atoms with Gasteiger partial charge in [0.2, 0.25) is 17.8 Å². The van der Waals surface area contributed by atoms with Crippen LogP contribution in [0.2, 0.25) is 0 Å². The molecule has 0 unspecified atom stereocenters. The largest absolute Gasteiger partial charge is 0.341 e. The van der Waals surface area contributed by atoms with E-state index in [1.54, 1.807) is 18.3 Å². The highest BCUT2D eigenvalue weighted by atomic mass is 16.6. The third kappa shape index (κ3) is 6.03. The van der Waals surface area contributed by atoms with Crippen LogP contribution in [0.5, 0.6) is 0 Å². The van der Waals surface area contributed by atoms with Crippen molar-refractivity contribution in [2.24, 2.45) is 5.10 Å². The number of piperidine rings is 1. The molecular formula is C24H28N8O2. The van der Waals surface area contributed by atoms with E-state index in [9.17, 15) is 10.1 Å². The molecule has 1 fully saturated rings. The third-order valence-electron chi connectivity index (χ3n) is 5.58. The lowest BCUT2D eigenvalue weighted by molar-refractivity contribution is -0.384. The Bertz CT molecular complexity index is 1140. The number of nitro groups is 1. The van der Waals surface area contributed by atoms with Crippen molar-refractivity contribution >= 4 is 35.4 Å². The Morgan fingerprint density at radius 1 is 0.971 bits per heavy atom. The Morgan fingerprint density at radius 3 is 2.29 bits per heavy atom. The number of anilines is 4. The monoisotopic (exact) mass is 460 g/mol. The summed E-state index contributed by atoms with van der Waals surface area (Å²) in [7, 11) is 0. The molecule has 1 aliphatic rings. The Morgan fingerprint density at radius 2 is 1.65 bits per heavy atom. The Balaban J connectivity index is 1.53. The predicted molar refractivity (Wildman–Crippen MR) is 134 cm³/mol. The standard InChI is InChI=1S/C24H28N8O2/c1-17(2)19-8-6-18(7-9-19)16-25-30-23-27-22(26-20-10-12-21(13-11-20)32(33)34)28-24(29-23)31-14-4-3-5-15-31/h6-13,16-17H,3-5,14-15H2,1-2H3,(H2,26,27,28,29,30). The summed E-state index contributed by atoms with van der Waals surface area (Å²) in [5.41, 5.74) is 5.81. The molecule has 2 aromatic carbocycles. The molecule has 2 N–H and O–H groups in total. The number of aromatic nitrogens is 3. The molecule has 3 aromatic rings. The highest BCUT2D eigenvalue weighted by Crippen LogP contribution is 2.22. The van der Waals surface area contributed by atoms with Crippen molar-refractivity contribution in [3.63, 3.8) is 0 Å². The van der Waals surface area contributed by atoms with Crippen molar-refractivity contribution < 1.29 is 4.92 Å². The molecule has 0 atom stereocenters. The molecule has 4 rings (SSSR count). The van der Waals surface area contributed by atoms with Gasteiger partial charge in [-0.05, 0) is 48.4 Å². The van der Waals surface area contributed by atoms with Crippen LogP contribution in [0.3, 0.4) is 0 Å². The fraction of sp³-hybridized carbons (Fsp3) is 0.333. The zero-order valence-corrected chi connectivity index (χ0v) is 19.3. The van der Waals surface area contributed by atoms with Crippen LogP contribution in [0.15, 0.2) is 53.6 Å². The summed E-state index contributed by atoms with van der Waals surface area (Å²) < 4.78 is 0. The van der Waals surface area contributed by atoms with Crippen molar-refractivity contribution in [2.75, 3.05) is 28.7 Å². The zero-order chi connectivity index (χ0) is 23.9. The molecule has 0 bridgehead atoms. The van der Waals surface area contributed by atoms with Gasteiger partial charge in [0.25, 0.3) is 5.69 Å². The molecule has 10 nitrogen and oxygen atoms in total. The van der Waals surface area contributed by atoms with Gasteiger partial charge in [0.1, 0.15) is 0 Å². The number of nitrogens with one attached hydrogen (secondary N) is 2. The van der Waals surface area contributed by atoms with Gasteiger partial charge in [0.05, 0.1) is 11.1 Å². The molecule has 0 aliphatic carbocycles. The molecule has 0 spiro atoms. The topological polar surface area (TPSA) is 121 Å². The summed E-state index contributed by atoms with van der Waals surface area (Å²) in [5, 5.41) is 18.3. The van der Waals surface area contributed by atoms with Crippen LogP contribution >= 0.6 is 0 Å². The van der Waals surface area contributed by atoms with Gasteiger partial charge in [0, 0.05) is 30.9 Å². The minimum absolute atomic E-state index is 0.0216. The highest BCUT2D eigenvalue weighted by Gasteiger charge is 2.16. The number of benzene rings is 2. The molecule has 1 aliphatic heterocycles. The van der Waals surface area contributed by atoms with E-state index >= 15 is 0 Å². The average Bonchev–Trinajstić information content (AvgIpc) is 2.85. The van der Waals surface area contributed by atoms with E-state index in [2.05, 4.69) is 61.7 Å². The number of rotatable bonds is 8. The Labute approximate surface area is 198 Å². The number of nitrogens with zero attached hydrogens (tertiary/aromatic N) is 6. The summed E-state index contributed by atoms with van der Waals surface area (Å²) >= 11 is 0. The van der Waals surface area contributed by atoms with Gasteiger partial charge in [0.15, 0.2) is 0 Å². The Hall–Kier alpha value is -4.08. The maximum absolute atomic E-state index is 10.9. The van der Waals surface area contributed by atoms with Gasteiger partial charge < -0.3 is 10.2 Å². The second-order valence-electron chi connectivity index (χ2n) is 8.45. The SMILES string of the molecule is CC(C)c1ccc(C=NNc2nc(Nc3ccc([N+](=O)[O-])cc3)nc(N3CCCCC3)n2)cc1. The van der Waals surface area contributed by atoms with Crippen LogP contribution < -0.4 is 15.6 Å². The molecule has 1 saturated heterocycles. The first-order valence-electron chi connectivity index (χ1n) is 11.4. The highest BCUT2D eigenvalue weighted by molar-refractivity contribution is 5.80. The van der Waals surface area contributed by atoms with Crippen molar-refractivity contribution in [3.8, 4) is 0 Å². The fourth-order valence-electron chi connectivity index (χ4n) is 3.63. The number of nitro benzene ring substituents is 1. The molecule has 176 valence electrons. The van der Waals surface area contributed by atoms with E-state index in [0.29, 0.717) is 29.5 Å². The minimum atomic E-state index is -0.433. The molecule has 10 heteroatoms. The second-order valence-corrected chi connectivity index (χ2v) is 8.45. The molecule has 0 amide bonds. The Kier molecular flexibility index (Phi) is 7.26. The molecule has 34 heavy (non-hydrogen) atoms. The third-order valence-corrected chi connectivity index (χ3v) is 5.58. The lowest BCUT2D eigenvalue weighted by Crippen LogP contribution is -2.31. The minimum Gasteiger partial charge on any atom is -0.341 e. The van der Waals surface area contributed by atoms with E-state index in [1.165, 1.54) is 24.1 Å². The van der Waals surface area contributed by atoms with Crippen molar-refractivity contribution in [3.05, 3.63) is 69.8 Å². The maximum Gasteiger partial charge on any atom is 0.269 e. The molecular weight excluding hydrogens is 432 g/mol. The van der Waals surface area contributed by atoms with Crippen molar-refractivity contribution in [2.45, 2.75) is 39.0 Å². The van der Waals surface area contributed by atoms with Crippen molar-refractivity contribution in [1.82, 2.24) is 15.0 Å². The van der Waals surface area contributed by atoms with Gasteiger partial charge in [-0.25, -0.2) is 5.43 Å². The van der Waals surface area contributed by atoms with E-state index in [4.69, 9.17) is 0 Å². The zero-order valence-electron chi connectivity index (χ0n) is 19.3. The second kappa shape index (κ2) is 10.7. The molecule has 0 saturated carbocycles. The molecule has 1 aromatic heterocycles. The number of hydrogen-bond acceptors (Lipinski definition) is 9. The number of hydrazone groups is 1. The number of non-ortho nitro benzene ring substituents is 1. The number of hydrogen-bond donors (Lipinski definition) is 2. The van der Waals surface area contributed by atoms with Crippen molar-refractivity contribution in [1.29, 1.82) is 0 Å².